The van der Waals surface area contributed by atoms with Crippen LogP contribution in [0.1, 0.15) is 12.5 Å². The van der Waals surface area contributed by atoms with Gasteiger partial charge in [0.2, 0.25) is 0 Å². The van der Waals surface area contributed by atoms with Crippen LogP contribution in [0.4, 0.5) is 0 Å². The van der Waals surface area contributed by atoms with Gasteiger partial charge in [-0.05, 0) is 30.7 Å². The number of aliphatic hydroxyl groups is 6. The summed E-state index contributed by atoms with van der Waals surface area (Å²) < 4.78 is 21.3. The van der Waals surface area contributed by atoms with Gasteiger partial charge in [-0.15, -0.1) is 0 Å². The molecule has 0 amide bonds. The number of esters is 1. The van der Waals surface area contributed by atoms with Crippen molar-refractivity contribution in [2.45, 2.75) is 68.3 Å². The fourth-order valence-corrected chi connectivity index (χ4v) is 3.62. The van der Waals surface area contributed by atoms with Crippen molar-refractivity contribution in [3.63, 3.8) is 0 Å². The third-order valence-corrected chi connectivity index (χ3v) is 5.58. The van der Waals surface area contributed by atoms with Gasteiger partial charge in [0.25, 0.3) is 0 Å². The molecule has 2 aliphatic heterocycles. The van der Waals surface area contributed by atoms with E-state index >= 15 is 0 Å². The molecule has 2 fully saturated rings. The average molecular weight is 488 g/mol. The van der Waals surface area contributed by atoms with Gasteiger partial charge in [-0.2, -0.15) is 0 Å². The normalized spacial score (nSPS) is 38.7. The largest absolute Gasteiger partial charge is 0.504 e. The van der Waals surface area contributed by atoms with Gasteiger partial charge in [0.05, 0.1) is 12.7 Å². The topological polar surface area (TPSA) is 216 Å². The van der Waals surface area contributed by atoms with Gasteiger partial charge < -0.3 is 59.8 Å². The molecule has 1 aromatic rings. The maximum atomic E-state index is 12.4. The second kappa shape index (κ2) is 10.9. The Kier molecular flexibility index (Phi) is 8.46. The lowest BCUT2D eigenvalue weighted by atomic mass is 9.97. The number of carbonyl (C=O) groups is 1. The summed E-state index contributed by atoms with van der Waals surface area (Å²) in [4.78, 5) is 12.4. The van der Waals surface area contributed by atoms with Gasteiger partial charge in [0, 0.05) is 6.08 Å². The highest BCUT2D eigenvalue weighted by molar-refractivity contribution is 5.87. The van der Waals surface area contributed by atoms with Crippen LogP contribution in [0, 0.1) is 0 Å². The average Bonchev–Trinajstić information content (AvgIpc) is 2.81. The van der Waals surface area contributed by atoms with Crippen LogP contribution in [-0.2, 0) is 23.7 Å². The van der Waals surface area contributed by atoms with Gasteiger partial charge in [-0.3, -0.25) is 0 Å². The van der Waals surface area contributed by atoms with E-state index in [2.05, 4.69) is 0 Å². The lowest BCUT2D eigenvalue weighted by molar-refractivity contribution is -0.352. The molecule has 13 nitrogen and oxygen atoms in total. The molecule has 0 aliphatic carbocycles. The van der Waals surface area contributed by atoms with Crippen LogP contribution in [-0.4, -0.2) is 115 Å². The van der Waals surface area contributed by atoms with Crippen LogP contribution in [0.3, 0.4) is 0 Å². The minimum Gasteiger partial charge on any atom is -0.504 e. The van der Waals surface area contributed by atoms with Gasteiger partial charge in [0.15, 0.2) is 30.2 Å². The van der Waals surface area contributed by atoms with Crippen molar-refractivity contribution in [2.75, 3.05) is 6.61 Å². The van der Waals surface area contributed by atoms with E-state index in [0.717, 1.165) is 6.08 Å². The first kappa shape index (κ1) is 26.3. The molecule has 10 atom stereocenters. The zero-order valence-corrected chi connectivity index (χ0v) is 18.0. The van der Waals surface area contributed by atoms with Crippen LogP contribution in [0.2, 0.25) is 0 Å². The van der Waals surface area contributed by atoms with Crippen molar-refractivity contribution < 1.29 is 64.6 Å². The molecule has 0 spiro atoms. The van der Waals surface area contributed by atoms with E-state index in [0.29, 0.717) is 5.56 Å². The summed E-state index contributed by atoms with van der Waals surface area (Å²) >= 11 is 0. The SMILES string of the molecule is C[C@@H]1O[C@@H](O[C@H]2[C@H](OC(=O)/C=C/c3ccc(O)c(O)c3)[C@@H](CO)OC(O)[C@@H]2O)[C@H](O)[C@H](O)[C@H]1O. The molecule has 8 N–H and O–H groups in total. The molecular weight excluding hydrogens is 460 g/mol. The Labute approximate surface area is 193 Å². The van der Waals surface area contributed by atoms with Crippen molar-refractivity contribution in [3.8, 4) is 11.5 Å². The number of aromatic hydroxyl groups is 2. The van der Waals surface area contributed by atoms with Crippen molar-refractivity contribution in [2.24, 2.45) is 0 Å². The first-order chi connectivity index (χ1) is 16.0. The van der Waals surface area contributed by atoms with Crippen LogP contribution >= 0.6 is 0 Å². The van der Waals surface area contributed by atoms with Crippen molar-refractivity contribution >= 4 is 12.0 Å². The Bertz CT molecular complexity index is 876. The van der Waals surface area contributed by atoms with E-state index < -0.39 is 79.7 Å². The molecule has 34 heavy (non-hydrogen) atoms. The molecule has 0 saturated carbocycles. The minimum absolute atomic E-state index is 0.342. The number of phenols is 2. The second-order valence-electron chi connectivity index (χ2n) is 8.00. The molecule has 2 aliphatic rings. The van der Waals surface area contributed by atoms with Crippen LogP contribution in [0.15, 0.2) is 24.3 Å². The lowest BCUT2D eigenvalue weighted by Crippen LogP contribution is -2.64. The maximum Gasteiger partial charge on any atom is 0.331 e. The zero-order valence-electron chi connectivity index (χ0n) is 18.0. The molecule has 13 heteroatoms. The number of carbonyl (C=O) groups excluding carboxylic acids is 1. The fraction of sp³-hybridized carbons (Fsp3) is 0.571. The highest BCUT2D eigenvalue weighted by Crippen LogP contribution is 2.30. The predicted molar refractivity (Wildman–Crippen MR) is 110 cm³/mol. The van der Waals surface area contributed by atoms with Gasteiger partial charge in [-0.1, -0.05) is 6.07 Å². The summed E-state index contributed by atoms with van der Waals surface area (Å²) in [5.41, 5.74) is 0.342. The van der Waals surface area contributed by atoms with Gasteiger partial charge in [-0.25, -0.2) is 4.79 Å². The fourth-order valence-electron chi connectivity index (χ4n) is 3.62. The van der Waals surface area contributed by atoms with E-state index in [1.165, 1.54) is 31.2 Å². The molecule has 3 rings (SSSR count). The minimum atomic E-state index is -1.85. The summed E-state index contributed by atoms with van der Waals surface area (Å²) in [6, 6.07) is 3.81. The monoisotopic (exact) mass is 488 g/mol. The molecule has 190 valence electrons. The van der Waals surface area contributed by atoms with E-state index in [9.17, 15) is 45.6 Å². The Balaban J connectivity index is 1.77. The number of hydrogen-bond acceptors (Lipinski definition) is 13. The molecule has 0 bridgehead atoms. The lowest BCUT2D eigenvalue weighted by Gasteiger charge is -2.45. The van der Waals surface area contributed by atoms with E-state index in [1.807, 2.05) is 0 Å². The first-order valence-electron chi connectivity index (χ1n) is 10.4. The number of benzene rings is 1. The molecule has 2 saturated heterocycles. The Morgan fingerprint density at radius 2 is 1.68 bits per heavy atom. The highest BCUT2D eigenvalue weighted by atomic mass is 16.7. The Morgan fingerprint density at radius 3 is 2.32 bits per heavy atom. The quantitative estimate of drug-likeness (QED) is 0.116. The summed E-state index contributed by atoms with van der Waals surface area (Å²) in [6.07, 6.45) is -13.2. The summed E-state index contributed by atoms with van der Waals surface area (Å²) in [5.74, 6) is -1.74. The van der Waals surface area contributed by atoms with Crippen LogP contribution < -0.4 is 0 Å². The molecule has 0 radical (unpaired) electrons. The molecule has 2 heterocycles. The standard InChI is InChI=1S/C21H28O13/c1-8-14(26)15(27)16(28)21(31-8)34-19-17(29)20(30)32-12(7-22)18(19)33-13(25)5-3-9-2-4-10(23)11(24)6-9/h2-6,8,12,14-24,26-30H,7H2,1H3/b5-3+/t8-,12+,14-,15+,16+,17+,18+,19+,20?,21-/m0/s1. The van der Waals surface area contributed by atoms with E-state index in [1.54, 1.807) is 0 Å². The van der Waals surface area contributed by atoms with Crippen LogP contribution in [0.5, 0.6) is 11.5 Å². The first-order valence-corrected chi connectivity index (χ1v) is 10.4. The summed E-state index contributed by atoms with van der Waals surface area (Å²) in [5, 5.41) is 79.0. The van der Waals surface area contributed by atoms with Gasteiger partial charge >= 0.3 is 5.97 Å². The summed E-state index contributed by atoms with van der Waals surface area (Å²) in [7, 11) is 0. The maximum absolute atomic E-state index is 12.4. The third-order valence-electron chi connectivity index (χ3n) is 5.58. The number of rotatable bonds is 6. The van der Waals surface area contributed by atoms with E-state index in [4.69, 9.17) is 18.9 Å². The van der Waals surface area contributed by atoms with Crippen LogP contribution in [0.25, 0.3) is 6.08 Å². The molecule has 0 aromatic heterocycles. The Hall–Kier alpha value is -2.33. The molecule has 1 unspecified atom stereocenters. The number of aliphatic hydroxyl groups excluding tert-OH is 6. The molecule has 1 aromatic carbocycles. The van der Waals surface area contributed by atoms with Crippen molar-refractivity contribution in [3.05, 3.63) is 29.8 Å². The van der Waals surface area contributed by atoms with Gasteiger partial charge in [0.1, 0.15) is 36.6 Å². The highest BCUT2D eigenvalue weighted by Gasteiger charge is 2.51. The van der Waals surface area contributed by atoms with Crippen molar-refractivity contribution in [1.29, 1.82) is 0 Å². The third kappa shape index (κ3) is 5.66. The van der Waals surface area contributed by atoms with Crippen molar-refractivity contribution in [1.82, 2.24) is 0 Å². The number of phenolic OH excluding ortho intramolecular Hbond substituents is 2. The number of ether oxygens (including phenoxy) is 4. The van der Waals surface area contributed by atoms with E-state index in [-0.39, 0.29) is 5.75 Å². The predicted octanol–water partition coefficient (Wildman–Crippen LogP) is -2.69. The smallest absolute Gasteiger partial charge is 0.331 e. The second-order valence-corrected chi connectivity index (χ2v) is 8.00. The summed E-state index contributed by atoms with van der Waals surface area (Å²) in [6.45, 7) is 0.661. The molecular formula is C21H28O13. The number of hydrogen-bond donors (Lipinski definition) is 8. The zero-order chi connectivity index (χ0) is 25.2. The Morgan fingerprint density at radius 1 is 0.971 bits per heavy atom.